The average Bonchev–Trinajstić information content (AvgIpc) is 2.25. The van der Waals surface area contributed by atoms with E-state index in [1.807, 2.05) is 0 Å². The fourth-order valence-corrected chi connectivity index (χ4v) is 2.00. The molecule has 0 fully saturated rings. The largest absolute Gasteiger partial charge is 0.397 e. The van der Waals surface area contributed by atoms with Crippen molar-refractivity contribution in [3.8, 4) is 0 Å². The molecule has 4 heteroatoms. The highest BCUT2D eigenvalue weighted by atomic mass is 79.9. The molecule has 1 unspecified atom stereocenters. The molecule has 0 aliphatic carbocycles. The third-order valence-corrected chi connectivity index (χ3v) is 3.19. The average molecular weight is 289 g/mol. The van der Waals surface area contributed by atoms with E-state index in [4.69, 9.17) is 5.73 Å². The van der Waals surface area contributed by atoms with Crippen LogP contribution in [-0.2, 0) is 0 Å². The third kappa shape index (κ3) is 3.37. The van der Waals surface area contributed by atoms with Gasteiger partial charge in [0.15, 0.2) is 0 Å². The van der Waals surface area contributed by atoms with Crippen molar-refractivity contribution in [1.82, 2.24) is 0 Å². The van der Waals surface area contributed by atoms with Crippen LogP contribution in [0.25, 0.3) is 0 Å². The number of hydrogen-bond acceptors (Lipinski definition) is 2. The van der Waals surface area contributed by atoms with Crippen molar-refractivity contribution in [2.24, 2.45) is 0 Å². The lowest BCUT2D eigenvalue weighted by atomic mass is 10.1. The quantitative estimate of drug-likeness (QED) is 0.799. The summed E-state index contributed by atoms with van der Waals surface area (Å²) in [6.07, 6.45) is 3.17. The molecule has 0 heterocycles. The summed E-state index contributed by atoms with van der Waals surface area (Å²) in [5.41, 5.74) is 7.08. The van der Waals surface area contributed by atoms with Gasteiger partial charge in [-0.1, -0.05) is 20.3 Å². The van der Waals surface area contributed by atoms with Crippen molar-refractivity contribution >= 4 is 27.3 Å². The second-order valence-corrected chi connectivity index (χ2v) is 4.75. The zero-order valence-electron chi connectivity index (χ0n) is 9.69. The van der Waals surface area contributed by atoms with Crippen molar-refractivity contribution in [2.45, 2.75) is 39.2 Å². The van der Waals surface area contributed by atoms with E-state index in [2.05, 4.69) is 35.1 Å². The smallest absolute Gasteiger partial charge is 0.139 e. The van der Waals surface area contributed by atoms with Gasteiger partial charge in [-0.2, -0.15) is 0 Å². The van der Waals surface area contributed by atoms with E-state index in [1.165, 1.54) is 6.07 Å². The highest BCUT2D eigenvalue weighted by molar-refractivity contribution is 9.10. The summed E-state index contributed by atoms with van der Waals surface area (Å²) in [7, 11) is 0. The zero-order chi connectivity index (χ0) is 12.1. The van der Waals surface area contributed by atoms with Gasteiger partial charge in [0, 0.05) is 12.1 Å². The molecule has 0 radical (unpaired) electrons. The number of hydrogen-bond donors (Lipinski definition) is 2. The van der Waals surface area contributed by atoms with E-state index in [1.54, 1.807) is 6.07 Å². The molecule has 0 amide bonds. The normalized spacial score (nSPS) is 12.5. The Morgan fingerprint density at radius 1 is 1.44 bits per heavy atom. The van der Waals surface area contributed by atoms with Gasteiger partial charge >= 0.3 is 0 Å². The molecule has 0 spiro atoms. The monoisotopic (exact) mass is 288 g/mol. The minimum absolute atomic E-state index is 0.289. The molecular formula is C12H18BrFN2. The van der Waals surface area contributed by atoms with Crippen molar-refractivity contribution in [3.05, 3.63) is 22.4 Å². The molecule has 0 bridgehead atoms. The van der Waals surface area contributed by atoms with Crippen LogP contribution in [0.15, 0.2) is 16.6 Å². The number of benzene rings is 1. The first-order valence-electron chi connectivity index (χ1n) is 5.59. The second kappa shape index (κ2) is 6.09. The van der Waals surface area contributed by atoms with Crippen LogP contribution in [0.5, 0.6) is 0 Å². The molecule has 3 N–H and O–H groups in total. The molecule has 1 atom stereocenters. The first-order chi connectivity index (χ1) is 7.58. The van der Waals surface area contributed by atoms with Crippen LogP contribution in [0, 0.1) is 5.82 Å². The highest BCUT2D eigenvalue weighted by Crippen LogP contribution is 2.27. The van der Waals surface area contributed by atoms with Gasteiger partial charge in [-0.05, 0) is 34.8 Å². The van der Waals surface area contributed by atoms with Gasteiger partial charge in [0.25, 0.3) is 0 Å². The Morgan fingerprint density at radius 2 is 2.12 bits per heavy atom. The molecule has 0 aliphatic rings. The first kappa shape index (κ1) is 13.3. The van der Waals surface area contributed by atoms with Gasteiger partial charge in [0.05, 0.1) is 15.8 Å². The number of nitrogens with one attached hydrogen (secondary N) is 1. The topological polar surface area (TPSA) is 38.0 Å². The summed E-state index contributed by atoms with van der Waals surface area (Å²) in [6, 6.07) is 3.39. The summed E-state index contributed by atoms with van der Waals surface area (Å²) >= 11 is 3.11. The first-order valence-corrected chi connectivity index (χ1v) is 6.38. The van der Waals surface area contributed by atoms with E-state index < -0.39 is 0 Å². The second-order valence-electron chi connectivity index (χ2n) is 3.89. The lowest BCUT2D eigenvalue weighted by Gasteiger charge is -2.19. The molecule has 0 aliphatic heterocycles. The number of nitrogen functional groups attached to an aromatic ring is 1. The van der Waals surface area contributed by atoms with Crippen molar-refractivity contribution in [3.63, 3.8) is 0 Å². The summed E-state index contributed by atoms with van der Waals surface area (Å²) in [5, 5.41) is 3.28. The van der Waals surface area contributed by atoms with E-state index >= 15 is 0 Å². The number of anilines is 2. The van der Waals surface area contributed by atoms with Gasteiger partial charge in [0.2, 0.25) is 0 Å². The van der Waals surface area contributed by atoms with Crippen LogP contribution in [0.3, 0.4) is 0 Å². The fraction of sp³-hybridized carbons (Fsp3) is 0.500. The summed E-state index contributed by atoms with van der Waals surface area (Å²) in [4.78, 5) is 0. The minimum atomic E-state index is -0.289. The maximum absolute atomic E-state index is 13.4. The van der Waals surface area contributed by atoms with Crippen LogP contribution in [0.2, 0.25) is 0 Å². The van der Waals surface area contributed by atoms with E-state index in [9.17, 15) is 4.39 Å². The lowest BCUT2D eigenvalue weighted by Crippen LogP contribution is -2.19. The number of halogens is 2. The van der Waals surface area contributed by atoms with Crippen LogP contribution in [-0.4, -0.2) is 6.04 Å². The molecule has 16 heavy (non-hydrogen) atoms. The summed E-state index contributed by atoms with van der Waals surface area (Å²) < 4.78 is 13.8. The Morgan fingerprint density at radius 3 is 2.69 bits per heavy atom. The number of nitrogens with two attached hydrogens (primary N) is 1. The standard InChI is InChI=1S/C12H18BrFN2/c1-3-5-8(4-2)16-12-7-10(14)9(13)6-11(12)15/h6-8,16H,3-5,15H2,1-2H3. The third-order valence-electron chi connectivity index (χ3n) is 2.58. The maximum Gasteiger partial charge on any atom is 0.139 e. The van der Waals surface area contributed by atoms with Crippen molar-refractivity contribution < 1.29 is 4.39 Å². The Bertz CT molecular complexity index is 355. The zero-order valence-corrected chi connectivity index (χ0v) is 11.3. The molecule has 0 aromatic heterocycles. The summed E-state index contributed by atoms with van der Waals surface area (Å²) in [6.45, 7) is 4.24. The Balaban J connectivity index is 2.83. The lowest BCUT2D eigenvalue weighted by molar-refractivity contribution is 0.612. The number of rotatable bonds is 5. The highest BCUT2D eigenvalue weighted by Gasteiger charge is 2.10. The van der Waals surface area contributed by atoms with Crippen molar-refractivity contribution in [2.75, 3.05) is 11.1 Å². The predicted molar refractivity (Wildman–Crippen MR) is 71.1 cm³/mol. The Labute approximate surface area is 105 Å². The van der Waals surface area contributed by atoms with Gasteiger partial charge < -0.3 is 11.1 Å². The Hall–Kier alpha value is -0.770. The van der Waals surface area contributed by atoms with Crippen LogP contribution in [0.1, 0.15) is 33.1 Å². The van der Waals surface area contributed by atoms with Gasteiger partial charge in [-0.15, -0.1) is 0 Å². The molecule has 1 rings (SSSR count). The van der Waals surface area contributed by atoms with Gasteiger partial charge in [0.1, 0.15) is 5.82 Å². The molecule has 0 saturated carbocycles. The van der Waals surface area contributed by atoms with Crippen LogP contribution in [0.4, 0.5) is 15.8 Å². The van der Waals surface area contributed by atoms with Gasteiger partial charge in [-0.3, -0.25) is 0 Å². The molecule has 2 nitrogen and oxygen atoms in total. The fourth-order valence-electron chi connectivity index (χ4n) is 1.63. The summed E-state index contributed by atoms with van der Waals surface area (Å²) in [5.74, 6) is -0.289. The minimum Gasteiger partial charge on any atom is -0.397 e. The molecule has 1 aromatic rings. The van der Waals surface area contributed by atoms with E-state index in [0.29, 0.717) is 21.9 Å². The Kier molecular flexibility index (Phi) is 5.06. The van der Waals surface area contributed by atoms with Crippen molar-refractivity contribution in [1.29, 1.82) is 0 Å². The van der Waals surface area contributed by atoms with Crippen LogP contribution < -0.4 is 11.1 Å². The molecule has 1 aromatic carbocycles. The van der Waals surface area contributed by atoms with Gasteiger partial charge in [-0.25, -0.2) is 4.39 Å². The maximum atomic E-state index is 13.4. The van der Waals surface area contributed by atoms with Crippen LogP contribution >= 0.6 is 15.9 Å². The SMILES string of the molecule is CCCC(CC)Nc1cc(F)c(Br)cc1N. The molecule has 0 saturated heterocycles. The molecular weight excluding hydrogens is 271 g/mol. The predicted octanol–water partition coefficient (Wildman–Crippen LogP) is 4.16. The van der Waals surface area contributed by atoms with E-state index in [-0.39, 0.29) is 5.82 Å². The van der Waals surface area contributed by atoms with E-state index in [0.717, 1.165) is 19.3 Å². The molecule has 90 valence electrons.